The number of fused-ring (bicyclic) bond motifs is 1. The molecular weight excluding hydrogens is 260 g/mol. The van der Waals surface area contributed by atoms with Gasteiger partial charge in [-0.05, 0) is 31.2 Å². The Labute approximate surface area is 116 Å². The van der Waals surface area contributed by atoms with Crippen LogP contribution in [0.5, 0.6) is 0 Å². The van der Waals surface area contributed by atoms with E-state index in [-0.39, 0.29) is 0 Å². The highest BCUT2D eigenvalue weighted by atomic mass is 32.1. The number of anilines is 2. The fourth-order valence-electron chi connectivity index (χ4n) is 2.60. The average Bonchev–Trinajstić information content (AvgIpc) is 2.86. The van der Waals surface area contributed by atoms with Gasteiger partial charge in [-0.1, -0.05) is 0 Å². The molecule has 0 radical (unpaired) electrons. The van der Waals surface area contributed by atoms with Crippen molar-refractivity contribution in [3.63, 3.8) is 0 Å². The van der Waals surface area contributed by atoms with Crippen LogP contribution in [0.15, 0.2) is 11.4 Å². The van der Waals surface area contributed by atoms with E-state index in [1.165, 1.54) is 0 Å². The molecule has 0 bridgehead atoms. The minimum absolute atomic E-state index is 0.295. The van der Waals surface area contributed by atoms with Crippen molar-refractivity contribution in [1.29, 1.82) is 0 Å². The molecule has 0 amide bonds. The molecule has 0 aromatic carbocycles. The molecule has 1 saturated heterocycles. The maximum atomic E-state index is 5.81. The first kappa shape index (κ1) is 12.6. The Morgan fingerprint density at radius 3 is 3.26 bits per heavy atom. The SMILES string of the molecule is CCOC1CCCN(c2nc(N)nc3sccc23)C1. The van der Waals surface area contributed by atoms with Gasteiger partial charge in [-0.25, -0.2) is 4.98 Å². The number of nitrogens with zero attached hydrogens (tertiary/aromatic N) is 3. The van der Waals surface area contributed by atoms with E-state index in [1.54, 1.807) is 11.3 Å². The molecule has 3 rings (SSSR count). The lowest BCUT2D eigenvalue weighted by Crippen LogP contribution is -2.40. The molecule has 2 N–H and O–H groups in total. The smallest absolute Gasteiger partial charge is 0.223 e. The predicted octanol–water partition coefficient (Wildman–Crippen LogP) is 2.28. The zero-order chi connectivity index (χ0) is 13.2. The highest BCUT2D eigenvalue weighted by Gasteiger charge is 2.23. The zero-order valence-electron chi connectivity index (χ0n) is 11.0. The number of rotatable bonds is 3. The number of piperidine rings is 1. The molecular formula is C13H18N4OS. The maximum Gasteiger partial charge on any atom is 0.223 e. The molecule has 1 aliphatic heterocycles. The molecule has 6 heteroatoms. The van der Waals surface area contributed by atoms with E-state index in [2.05, 4.69) is 20.9 Å². The highest BCUT2D eigenvalue weighted by molar-refractivity contribution is 7.16. The first-order valence-corrected chi connectivity index (χ1v) is 7.53. The fourth-order valence-corrected chi connectivity index (χ4v) is 3.36. The Balaban J connectivity index is 1.92. The van der Waals surface area contributed by atoms with E-state index < -0.39 is 0 Å². The maximum absolute atomic E-state index is 5.81. The van der Waals surface area contributed by atoms with Crippen LogP contribution in [0.4, 0.5) is 11.8 Å². The third-order valence-electron chi connectivity index (χ3n) is 3.40. The van der Waals surface area contributed by atoms with Crippen LogP contribution in [-0.4, -0.2) is 35.8 Å². The topological polar surface area (TPSA) is 64.3 Å². The van der Waals surface area contributed by atoms with Gasteiger partial charge in [0.25, 0.3) is 0 Å². The Kier molecular flexibility index (Phi) is 3.52. The Hall–Kier alpha value is -1.40. The summed E-state index contributed by atoms with van der Waals surface area (Å²) >= 11 is 1.60. The molecule has 0 aliphatic carbocycles. The summed E-state index contributed by atoms with van der Waals surface area (Å²) in [5.74, 6) is 1.30. The van der Waals surface area contributed by atoms with Gasteiger partial charge in [-0.3, -0.25) is 0 Å². The number of hydrogen-bond acceptors (Lipinski definition) is 6. The van der Waals surface area contributed by atoms with E-state index in [9.17, 15) is 0 Å². The van der Waals surface area contributed by atoms with Crippen molar-refractivity contribution >= 4 is 33.3 Å². The third kappa shape index (κ3) is 2.50. The number of nitrogen functional groups attached to an aromatic ring is 1. The Morgan fingerprint density at radius 2 is 2.42 bits per heavy atom. The van der Waals surface area contributed by atoms with Crippen molar-refractivity contribution in [2.24, 2.45) is 0 Å². The van der Waals surface area contributed by atoms with Crippen LogP contribution in [0.3, 0.4) is 0 Å². The summed E-state index contributed by atoms with van der Waals surface area (Å²) in [6.07, 6.45) is 2.54. The van der Waals surface area contributed by atoms with E-state index in [0.717, 1.165) is 48.6 Å². The van der Waals surface area contributed by atoms with Crippen LogP contribution in [0.2, 0.25) is 0 Å². The summed E-state index contributed by atoms with van der Waals surface area (Å²) < 4.78 is 5.74. The number of nitrogens with two attached hydrogens (primary N) is 1. The highest BCUT2D eigenvalue weighted by Crippen LogP contribution is 2.30. The van der Waals surface area contributed by atoms with Crippen molar-refractivity contribution in [3.05, 3.63) is 11.4 Å². The van der Waals surface area contributed by atoms with Crippen LogP contribution >= 0.6 is 11.3 Å². The van der Waals surface area contributed by atoms with Crippen molar-refractivity contribution < 1.29 is 4.74 Å². The minimum Gasteiger partial charge on any atom is -0.377 e. The second kappa shape index (κ2) is 5.30. The van der Waals surface area contributed by atoms with Crippen LogP contribution < -0.4 is 10.6 Å². The van der Waals surface area contributed by atoms with Crippen molar-refractivity contribution in [2.45, 2.75) is 25.9 Å². The van der Waals surface area contributed by atoms with Crippen LogP contribution in [0.25, 0.3) is 10.2 Å². The van der Waals surface area contributed by atoms with Crippen molar-refractivity contribution in [2.75, 3.05) is 30.3 Å². The van der Waals surface area contributed by atoms with Crippen LogP contribution in [0, 0.1) is 0 Å². The summed E-state index contributed by atoms with van der Waals surface area (Å²) in [4.78, 5) is 11.9. The normalized spacial score (nSPS) is 20.1. The molecule has 2 aromatic rings. The van der Waals surface area contributed by atoms with Gasteiger partial charge in [0, 0.05) is 19.7 Å². The molecule has 2 aromatic heterocycles. The van der Waals surface area contributed by atoms with Gasteiger partial charge in [-0.15, -0.1) is 11.3 Å². The molecule has 1 unspecified atom stereocenters. The lowest BCUT2D eigenvalue weighted by Gasteiger charge is -2.33. The van der Waals surface area contributed by atoms with Gasteiger partial charge < -0.3 is 15.4 Å². The second-order valence-electron chi connectivity index (χ2n) is 4.71. The summed E-state index contributed by atoms with van der Waals surface area (Å²) in [6, 6.07) is 2.07. The number of hydrogen-bond donors (Lipinski definition) is 1. The lowest BCUT2D eigenvalue weighted by atomic mass is 10.1. The Bertz CT molecular complexity index is 569. The van der Waals surface area contributed by atoms with E-state index in [4.69, 9.17) is 10.5 Å². The van der Waals surface area contributed by atoms with Crippen molar-refractivity contribution in [1.82, 2.24) is 9.97 Å². The van der Waals surface area contributed by atoms with Gasteiger partial charge in [0.2, 0.25) is 5.95 Å². The van der Waals surface area contributed by atoms with Crippen LogP contribution in [0.1, 0.15) is 19.8 Å². The molecule has 5 nitrogen and oxygen atoms in total. The van der Waals surface area contributed by atoms with E-state index in [1.807, 2.05) is 12.3 Å². The third-order valence-corrected chi connectivity index (χ3v) is 4.21. The molecule has 0 saturated carbocycles. The Morgan fingerprint density at radius 1 is 1.53 bits per heavy atom. The van der Waals surface area contributed by atoms with Gasteiger partial charge in [0.1, 0.15) is 10.6 Å². The van der Waals surface area contributed by atoms with E-state index in [0.29, 0.717) is 12.1 Å². The standard InChI is InChI=1S/C13H18N4OS/c1-2-18-9-4-3-6-17(8-9)11-10-5-7-19-12(10)16-13(14)15-11/h5,7,9H,2-4,6,8H2,1H3,(H2,14,15,16). The monoisotopic (exact) mass is 278 g/mol. The summed E-state index contributed by atoms with van der Waals surface area (Å²) in [5, 5.41) is 3.13. The molecule has 3 heterocycles. The predicted molar refractivity (Wildman–Crippen MR) is 78.7 cm³/mol. The largest absolute Gasteiger partial charge is 0.377 e. The molecule has 1 aliphatic rings. The first-order chi connectivity index (χ1) is 9.28. The van der Waals surface area contributed by atoms with Gasteiger partial charge >= 0.3 is 0 Å². The fraction of sp³-hybridized carbons (Fsp3) is 0.538. The van der Waals surface area contributed by atoms with Gasteiger partial charge in [-0.2, -0.15) is 4.98 Å². The summed E-state index contributed by atoms with van der Waals surface area (Å²) in [7, 11) is 0. The summed E-state index contributed by atoms with van der Waals surface area (Å²) in [5.41, 5.74) is 5.81. The number of ether oxygens (including phenoxy) is 1. The quantitative estimate of drug-likeness (QED) is 0.933. The van der Waals surface area contributed by atoms with Gasteiger partial charge in [0.05, 0.1) is 11.5 Å². The van der Waals surface area contributed by atoms with E-state index >= 15 is 0 Å². The van der Waals surface area contributed by atoms with Crippen molar-refractivity contribution in [3.8, 4) is 0 Å². The van der Waals surface area contributed by atoms with Crippen LogP contribution in [-0.2, 0) is 4.74 Å². The molecule has 1 atom stereocenters. The number of aromatic nitrogens is 2. The molecule has 0 spiro atoms. The minimum atomic E-state index is 0.295. The second-order valence-corrected chi connectivity index (χ2v) is 5.61. The number of thiophene rings is 1. The zero-order valence-corrected chi connectivity index (χ0v) is 11.8. The van der Waals surface area contributed by atoms with Gasteiger partial charge in [0.15, 0.2) is 0 Å². The average molecular weight is 278 g/mol. The first-order valence-electron chi connectivity index (χ1n) is 6.65. The molecule has 19 heavy (non-hydrogen) atoms. The molecule has 102 valence electrons. The summed E-state index contributed by atoms with van der Waals surface area (Å²) in [6.45, 7) is 4.69. The molecule has 1 fully saturated rings. The lowest BCUT2D eigenvalue weighted by molar-refractivity contribution is 0.0526.